The van der Waals surface area contributed by atoms with E-state index < -0.39 is 16.5 Å². The van der Waals surface area contributed by atoms with Crippen molar-refractivity contribution in [2.75, 3.05) is 13.2 Å². The van der Waals surface area contributed by atoms with Gasteiger partial charge < -0.3 is 9.84 Å². The summed E-state index contributed by atoms with van der Waals surface area (Å²) < 4.78 is 20.9. The van der Waals surface area contributed by atoms with Crippen LogP contribution in [0.5, 0.6) is 0 Å². The molecule has 0 radical (unpaired) electrons. The zero-order valence-corrected chi connectivity index (χ0v) is 13.8. The highest BCUT2D eigenvalue weighted by molar-refractivity contribution is 7.84. The molecule has 1 fully saturated rings. The highest BCUT2D eigenvalue weighted by Gasteiger charge is 2.40. The van der Waals surface area contributed by atoms with Crippen molar-refractivity contribution >= 4 is 22.3 Å². The molecule has 7 heteroatoms. The van der Waals surface area contributed by atoms with Crippen molar-refractivity contribution in [2.45, 2.75) is 50.5 Å². The normalized spacial score (nSPS) is 20.8. The summed E-state index contributed by atoms with van der Waals surface area (Å²) in [5.74, 6) is 0. The van der Waals surface area contributed by atoms with E-state index in [0.29, 0.717) is 18.9 Å². The largest absolute Gasteiger partial charge is 0.390 e. The first-order chi connectivity index (χ1) is 9.37. The summed E-state index contributed by atoms with van der Waals surface area (Å²) in [6.07, 6.45) is 1.49. The lowest BCUT2D eigenvalue weighted by atomic mass is 9.92. The number of nitrogens with zero attached hydrogens (tertiary/aromatic N) is 1. The third kappa shape index (κ3) is 3.46. The third-order valence-electron chi connectivity index (χ3n) is 3.31. The lowest BCUT2D eigenvalue weighted by Gasteiger charge is -2.37. The van der Waals surface area contributed by atoms with Crippen molar-refractivity contribution in [3.05, 3.63) is 16.1 Å². The van der Waals surface area contributed by atoms with Crippen molar-refractivity contribution in [1.29, 1.82) is 0 Å². The molecule has 0 amide bonds. The van der Waals surface area contributed by atoms with Gasteiger partial charge in [0.05, 0.1) is 33.6 Å². The van der Waals surface area contributed by atoms with Gasteiger partial charge in [-0.05, 0) is 33.6 Å². The van der Waals surface area contributed by atoms with Gasteiger partial charge in [-0.1, -0.05) is 0 Å². The second-order valence-corrected chi connectivity index (χ2v) is 8.80. The van der Waals surface area contributed by atoms with Crippen LogP contribution in [0.25, 0.3) is 0 Å². The summed E-state index contributed by atoms with van der Waals surface area (Å²) >= 11 is 1.51. The Balaban J connectivity index is 2.28. The van der Waals surface area contributed by atoms with Gasteiger partial charge >= 0.3 is 0 Å². The van der Waals surface area contributed by atoms with E-state index in [4.69, 9.17) is 4.74 Å². The lowest BCUT2D eigenvalue weighted by Crippen LogP contribution is -2.51. The molecule has 2 N–H and O–H groups in total. The number of aliphatic hydroxyl groups excluding tert-OH is 1. The van der Waals surface area contributed by atoms with E-state index in [0.717, 1.165) is 17.8 Å². The number of nitrogens with one attached hydrogen (secondary N) is 1. The molecule has 0 saturated carbocycles. The van der Waals surface area contributed by atoms with E-state index in [1.807, 2.05) is 26.2 Å². The number of aliphatic hydroxyl groups is 1. The average Bonchev–Trinajstić information content (AvgIpc) is 2.88. The van der Waals surface area contributed by atoms with E-state index in [-0.39, 0.29) is 11.4 Å². The average molecular weight is 318 g/mol. The highest BCUT2D eigenvalue weighted by Crippen LogP contribution is 2.35. The van der Waals surface area contributed by atoms with Crippen LogP contribution >= 0.6 is 11.3 Å². The number of ether oxygens (including phenoxy) is 1. The summed E-state index contributed by atoms with van der Waals surface area (Å²) in [5.41, 5.74) is 0.258. The summed E-state index contributed by atoms with van der Waals surface area (Å²) in [7, 11) is -1.17. The Morgan fingerprint density at radius 3 is 2.65 bits per heavy atom. The van der Waals surface area contributed by atoms with Crippen molar-refractivity contribution in [3.63, 3.8) is 0 Å². The molecule has 1 saturated heterocycles. The molecular weight excluding hydrogens is 296 g/mol. The van der Waals surface area contributed by atoms with Crippen LogP contribution in [-0.2, 0) is 27.9 Å². The van der Waals surface area contributed by atoms with Crippen molar-refractivity contribution < 1.29 is 14.1 Å². The third-order valence-corrected chi connectivity index (χ3v) is 6.10. The van der Waals surface area contributed by atoms with Crippen LogP contribution in [0.2, 0.25) is 0 Å². The Hall–Kier alpha value is -0.340. The number of hydrogen-bond donors (Lipinski definition) is 2. The molecule has 0 unspecified atom stereocenters. The van der Waals surface area contributed by atoms with Gasteiger partial charge in [0.1, 0.15) is 5.01 Å². The maximum absolute atomic E-state index is 12.5. The summed E-state index contributed by atoms with van der Waals surface area (Å²) in [5, 5.41) is 11.9. The maximum Gasteiger partial charge on any atom is 0.114 e. The fourth-order valence-electron chi connectivity index (χ4n) is 2.01. The minimum atomic E-state index is -1.17. The monoisotopic (exact) mass is 318 g/mol. The quantitative estimate of drug-likeness (QED) is 0.886. The van der Waals surface area contributed by atoms with Gasteiger partial charge in [-0.25, -0.2) is 13.9 Å². The summed E-state index contributed by atoms with van der Waals surface area (Å²) in [4.78, 5) is 4.48. The Kier molecular flexibility index (Phi) is 4.96. The smallest absolute Gasteiger partial charge is 0.114 e. The highest BCUT2D eigenvalue weighted by atomic mass is 32.2. The maximum atomic E-state index is 12.5. The fourth-order valence-corrected chi connectivity index (χ4v) is 4.06. The fraction of sp³-hybridized carbons (Fsp3) is 0.769. The van der Waals surface area contributed by atoms with E-state index in [2.05, 4.69) is 9.71 Å². The van der Waals surface area contributed by atoms with Gasteiger partial charge in [-0.15, -0.1) is 11.3 Å². The molecule has 0 bridgehead atoms. The van der Waals surface area contributed by atoms with Crippen LogP contribution in [0.1, 0.15) is 44.3 Å². The van der Waals surface area contributed by atoms with Crippen LogP contribution in [0.4, 0.5) is 0 Å². The Morgan fingerprint density at radius 1 is 1.50 bits per heavy atom. The van der Waals surface area contributed by atoms with Crippen molar-refractivity contribution in [2.24, 2.45) is 0 Å². The number of rotatable bonds is 4. The molecule has 0 aromatic carbocycles. The molecule has 114 valence electrons. The topological polar surface area (TPSA) is 71.5 Å². The number of hydrogen-bond acceptors (Lipinski definition) is 5. The standard InChI is InChI=1S/C13H22N2O3S2/c1-12(2,3)20(17)15-13(4-6-18-7-5-13)11-14-10(8-16)9-19-11/h9,15-16H,4-8H2,1-3H3/t20-/m0/s1. The summed E-state index contributed by atoms with van der Waals surface area (Å²) in [6, 6.07) is 0. The van der Waals surface area contributed by atoms with Crippen LogP contribution in [0.3, 0.4) is 0 Å². The van der Waals surface area contributed by atoms with Gasteiger partial charge in [0.15, 0.2) is 0 Å². The predicted octanol–water partition coefficient (Wildman–Crippen LogP) is 1.69. The Morgan fingerprint density at radius 2 is 2.15 bits per heavy atom. The molecule has 0 spiro atoms. The minimum absolute atomic E-state index is 0.0640. The molecule has 20 heavy (non-hydrogen) atoms. The molecule has 1 aliphatic rings. The van der Waals surface area contributed by atoms with Gasteiger partial charge in [0, 0.05) is 18.6 Å². The molecule has 2 rings (SSSR count). The van der Waals surface area contributed by atoms with Gasteiger partial charge in [0.2, 0.25) is 0 Å². The van der Waals surface area contributed by atoms with Gasteiger partial charge in [-0.3, -0.25) is 0 Å². The van der Waals surface area contributed by atoms with Crippen LogP contribution in [-0.4, -0.2) is 32.3 Å². The van der Waals surface area contributed by atoms with Gasteiger partial charge in [0.25, 0.3) is 0 Å². The molecule has 1 aromatic rings. The van der Waals surface area contributed by atoms with E-state index in [9.17, 15) is 9.32 Å². The Labute approximate surface area is 126 Å². The molecule has 2 heterocycles. The molecule has 1 atom stereocenters. The number of thiazole rings is 1. The Bertz CT molecular complexity index is 476. The first kappa shape index (κ1) is 16.0. The van der Waals surface area contributed by atoms with E-state index in [1.54, 1.807) is 0 Å². The summed E-state index contributed by atoms with van der Waals surface area (Å²) in [6.45, 7) is 7.04. The molecule has 0 aliphatic carbocycles. The van der Waals surface area contributed by atoms with Crippen LogP contribution in [0.15, 0.2) is 5.38 Å². The molecular formula is C13H22N2O3S2. The second kappa shape index (κ2) is 6.19. The van der Waals surface area contributed by atoms with Crippen LogP contribution in [0, 0.1) is 0 Å². The zero-order chi connectivity index (χ0) is 14.8. The van der Waals surface area contributed by atoms with Gasteiger partial charge in [-0.2, -0.15) is 0 Å². The SMILES string of the molecule is CC(C)(C)[S@](=O)NC1(c2nc(CO)cs2)CCOCC1. The number of aromatic nitrogens is 1. The first-order valence-corrected chi connectivity index (χ1v) is 8.73. The molecule has 1 aromatic heterocycles. The molecule has 5 nitrogen and oxygen atoms in total. The first-order valence-electron chi connectivity index (χ1n) is 6.70. The zero-order valence-electron chi connectivity index (χ0n) is 12.1. The van der Waals surface area contributed by atoms with E-state index in [1.165, 1.54) is 11.3 Å². The lowest BCUT2D eigenvalue weighted by molar-refractivity contribution is 0.0460. The minimum Gasteiger partial charge on any atom is -0.390 e. The predicted molar refractivity (Wildman–Crippen MR) is 80.8 cm³/mol. The van der Waals surface area contributed by atoms with Crippen LogP contribution < -0.4 is 4.72 Å². The van der Waals surface area contributed by atoms with E-state index >= 15 is 0 Å². The second-order valence-electron chi connectivity index (χ2n) is 5.98. The van der Waals surface area contributed by atoms with Crippen molar-refractivity contribution in [1.82, 2.24) is 9.71 Å². The molecule has 1 aliphatic heterocycles. The van der Waals surface area contributed by atoms with Crippen molar-refractivity contribution in [3.8, 4) is 0 Å².